The Hall–Kier alpha value is -3.07. The van der Waals surface area contributed by atoms with Crippen LogP contribution in [0, 0.1) is 5.82 Å². The first-order chi connectivity index (χ1) is 13.6. The molecule has 0 aliphatic rings. The Labute approximate surface area is 168 Å². The van der Waals surface area contributed by atoms with Crippen molar-refractivity contribution < 1.29 is 17.6 Å². The van der Waals surface area contributed by atoms with Crippen LogP contribution in [0.5, 0.6) is 0 Å². The van der Waals surface area contributed by atoms with Crippen LogP contribution in [0.4, 0.5) is 10.2 Å². The Morgan fingerprint density at radius 2 is 1.72 bits per heavy atom. The molecule has 0 saturated heterocycles. The van der Waals surface area contributed by atoms with Crippen molar-refractivity contribution in [2.45, 2.75) is 31.7 Å². The lowest BCUT2D eigenvalue weighted by Crippen LogP contribution is -2.28. The van der Waals surface area contributed by atoms with Gasteiger partial charge in [0.25, 0.3) is 10.0 Å². The summed E-state index contributed by atoms with van der Waals surface area (Å²) < 4.78 is 39.9. The number of fused-ring (bicyclic) bond motifs is 1. The van der Waals surface area contributed by atoms with Gasteiger partial charge in [-0.1, -0.05) is 0 Å². The lowest BCUT2D eigenvalue weighted by atomic mass is 10.1. The third kappa shape index (κ3) is 4.34. The molecule has 29 heavy (non-hydrogen) atoms. The molecule has 1 amide bonds. The van der Waals surface area contributed by atoms with E-state index in [0.717, 1.165) is 6.92 Å². The van der Waals surface area contributed by atoms with E-state index in [1.165, 1.54) is 30.3 Å². The predicted molar refractivity (Wildman–Crippen MR) is 109 cm³/mol. The number of benzene rings is 2. The summed E-state index contributed by atoms with van der Waals surface area (Å²) in [7, 11) is -2.14. The molecular formula is C20H21FN4O3S. The molecule has 3 rings (SSSR count). The molecule has 0 spiro atoms. The highest BCUT2D eigenvalue weighted by atomic mass is 32.2. The molecule has 0 saturated carbocycles. The number of nitrogens with one attached hydrogen (secondary N) is 1. The molecule has 0 aliphatic heterocycles. The highest BCUT2D eigenvalue weighted by Crippen LogP contribution is 2.31. The molecule has 1 heterocycles. The third-order valence-electron chi connectivity index (χ3n) is 4.43. The second-order valence-corrected chi connectivity index (χ2v) is 8.60. The maximum atomic E-state index is 13.4. The van der Waals surface area contributed by atoms with Gasteiger partial charge in [0, 0.05) is 25.6 Å². The van der Waals surface area contributed by atoms with Gasteiger partial charge in [0.2, 0.25) is 5.91 Å². The molecule has 0 fully saturated rings. The standard InChI is InChI=1S/C20H21FN4O3S/c1-12(2)25(4)20-19(14-5-7-15(21)8-6-14)22-17-10-9-16(11-18(17)23-20)29(27,28)24-13(3)26/h5-12H,1-4H3,(H,24,26). The highest BCUT2D eigenvalue weighted by Gasteiger charge is 2.20. The molecule has 0 atom stereocenters. The molecule has 0 radical (unpaired) electrons. The Morgan fingerprint density at radius 1 is 1.07 bits per heavy atom. The maximum absolute atomic E-state index is 13.4. The zero-order valence-electron chi connectivity index (χ0n) is 16.5. The first-order valence-electron chi connectivity index (χ1n) is 8.92. The van der Waals surface area contributed by atoms with E-state index in [2.05, 4.69) is 9.97 Å². The van der Waals surface area contributed by atoms with Crippen LogP contribution in [-0.4, -0.2) is 37.4 Å². The van der Waals surface area contributed by atoms with Gasteiger partial charge in [-0.3, -0.25) is 4.79 Å². The topological polar surface area (TPSA) is 92.3 Å². The van der Waals surface area contributed by atoms with E-state index in [1.54, 1.807) is 12.1 Å². The summed E-state index contributed by atoms with van der Waals surface area (Å²) in [4.78, 5) is 22.3. The summed E-state index contributed by atoms with van der Waals surface area (Å²) in [5, 5.41) is 0. The number of sulfonamides is 1. The van der Waals surface area contributed by atoms with Crippen LogP contribution >= 0.6 is 0 Å². The lowest BCUT2D eigenvalue weighted by Gasteiger charge is -2.25. The second-order valence-electron chi connectivity index (χ2n) is 6.92. The molecule has 0 aliphatic carbocycles. The van der Waals surface area contributed by atoms with Gasteiger partial charge in [-0.05, 0) is 56.3 Å². The van der Waals surface area contributed by atoms with E-state index in [1.807, 2.05) is 30.5 Å². The van der Waals surface area contributed by atoms with Gasteiger partial charge in [0.05, 0.1) is 15.9 Å². The molecule has 3 aromatic rings. The van der Waals surface area contributed by atoms with E-state index in [9.17, 15) is 17.6 Å². The average molecular weight is 416 g/mol. The predicted octanol–water partition coefficient (Wildman–Crippen LogP) is 3.11. The van der Waals surface area contributed by atoms with Gasteiger partial charge < -0.3 is 4.90 Å². The number of hydrogen-bond acceptors (Lipinski definition) is 6. The van der Waals surface area contributed by atoms with Crippen LogP contribution in [0.15, 0.2) is 47.4 Å². The molecule has 1 aromatic heterocycles. The van der Waals surface area contributed by atoms with Crippen LogP contribution in [0.2, 0.25) is 0 Å². The van der Waals surface area contributed by atoms with Crippen LogP contribution in [0.1, 0.15) is 20.8 Å². The number of rotatable bonds is 5. The van der Waals surface area contributed by atoms with Crippen molar-refractivity contribution in [3.05, 3.63) is 48.3 Å². The van der Waals surface area contributed by atoms with Crippen molar-refractivity contribution in [2.24, 2.45) is 0 Å². The Morgan fingerprint density at radius 3 is 2.31 bits per heavy atom. The Bertz CT molecular complexity index is 1180. The number of anilines is 1. The Balaban J connectivity index is 2.22. The average Bonchev–Trinajstić information content (AvgIpc) is 2.65. The normalized spacial score (nSPS) is 11.7. The van der Waals surface area contributed by atoms with Crippen molar-refractivity contribution >= 4 is 32.8 Å². The summed E-state index contributed by atoms with van der Waals surface area (Å²) in [6.45, 7) is 5.10. The number of hydrogen-bond donors (Lipinski definition) is 1. The van der Waals surface area contributed by atoms with Gasteiger partial charge in [-0.25, -0.2) is 27.5 Å². The second kappa shape index (κ2) is 7.75. The quantitative estimate of drug-likeness (QED) is 0.687. The fourth-order valence-electron chi connectivity index (χ4n) is 2.73. The summed E-state index contributed by atoms with van der Waals surface area (Å²) in [6, 6.07) is 10.3. The molecule has 0 unspecified atom stereocenters. The van der Waals surface area contributed by atoms with Gasteiger partial charge in [-0.2, -0.15) is 0 Å². The van der Waals surface area contributed by atoms with Crippen molar-refractivity contribution in [2.75, 3.05) is 11.9 Å². The summed E-state index contributed by atoms with van der Waals surface area (Å²) >= 11 is 0. The SMILES string of the molecule is CC(=O)NS(=O)(=O)c1ccc2nc(-c3ccc(F)cc3)c(N(C)C(C)C)nc2c1. The van der Waals surface area contributed by atoms with E-state index in [4.69, 9.17) is 0 Å². The minimum atomic E-state index is -3.99. The van der Waals surface area contributed by atoms with Crippen LogP contribution < -0.4 is 9.62 Å². The van der Waals surface area contributed by atoms with Gasteiger partial charge in [0.15, 0.2) is 5.82 Å². The fourth-order valence-corrected chi connectivity index (χ4v) is 3.74. The summed E-state index contributed by atoms with van der Waals surface area (Å²) in [6.07, 6.45) is 0. The molecule has 2 aromatic carbocycles. The first kappa shape index (κ1) is 20.7. The van der Waals surface area contributed by atoms with E-state index in [-0.39, 0.29) is 16.8 Å². The summed E-state index contributed by atoms with van der Waals surface area (Å²) in [5.41, 5.74) is 2.10. The number of aromatic nitrogens is 2. The van der Waals surface area contributed by atoms with E-state index < -0.39 is 15.9 Å². The van der Waals surface area contributed by atoms with Crippen molar-refractivity contribution in [3.63, 3.8) is 0 Å². The molecule has 152 valence electrons. The smallest absolute Gasteiger partial charge is 0.264 e. The first-order valence-corrected chi connectivity index (χ1v) is 10.4. The number of amides is 1. The third-order valence-corrected chi connectivity index (χ3v) is 5.86. The number of carbonyl (C=O) groups is 1. The van der Waals surface area contributed by atoms with Gasteiger partial charge >= 0.3 is 0 Å². The number of nitrogens with zero attached hydrogens (tertiary/aromatic N) is 3. The lowest BCUT2D eigenvalue weighted by molar-refractivity contribution is -0.117. The van der Waals surface area contributed by atoms with Crippen LogP contribution in [0.25, 0.3) is 22.3 Å². The van der Waals surface area contributed by atoms with Gasteiger partial charge in [-0.15, -0.1) is 0 Å². The molecule has 1 N–H and O–H groups in total. The largest absolute Gasteiger partial charge is 0.355 e. The fraction of sp³-hybridized carbons (Fsp3) is 0.250. The molecule has 0 bridgehead atoms. The van der Waals surface area contributed by atoms with E-state index >= 15 is 0 Å². The zero-order valence-corrected chi connectivity index (χ0v) is 17.3. The minimum absolute atomic E-state index is 0.0813. The molecular weight excluding hydrogens is 395 g/mol. The van der Waals surface area contributed by atoms with Crippen molar-refractivity contribution in [3.8, 4) is 11.3 Å². The number of halogens is 1. The minimum Gasteiger partial charge on any atom is -0.355 e. The van der Waals surface area contributed by atoms with Gasteiger partial charge in [0.1, 0.15) is 11.5 Å². The maximum Gasteiger partial charge on any atom is 0.264 e. The zero-order chi connectivity index (χ0) is 21.3. The Kier molecular flexibility index (Phi) is 5.52. The highest BCUT2D eigenvalue weighted by molar-refractivity contribution is 7.90. The summed E-state index contributed by atoms with van der Waals surface area (Å²) in [5.74, 6) is -0.495. The van der Waals surface area contributed by atoms with Crippen molar-refractivity contribution in [1.82, 2.24) is 14.7 Å². The monoisotopic (exact) mass is 416 g/mol. The molecule has 7 nitrogen and oxygen atoms in total. The van der Waals surface area contributed by atoms with Crippen LogP contribution in [0.3, 0.4) is 0 Å². The molecule has 9 heteroatoms. The van der Waals surface area contributed by atoms with Crippen LogP contribution in [-0.2, 0) is 14.8 Å². The van der Waals surface area contributed by atoms with Crippen molar-refractivity contribution in [1.29, 1.82) is 0 Å². The number of carbonyl (C=O) groups excluding carboxylic acids is 1. The van der Waals surface area contributed by atoms with E-state index in [0.29, 0.717) is 28.1 Å².